The summed E-state index contributed by atoms with van der Waals surface area (Å²) in [5, 5.41) is 5.68. The number of hydrazone groups is 1. The fourth-order valence-electron chi connectivity index (χ4n) is 2.01. The van der Waals surface area contributed by atoms with Crippen LogP contribution in [0.5, 0.6) is 0 Å². The second-order valence-electron chi connectivity index (χ2n) is 3.55. The maximum atomic E-state index is 11.7. The van der Waals surface area contributed by atoms with E-state index in [2.05, 4.69) is 9.84 Å². The van der Waals surface area contributed by atoms with Crippen LogP contribution < -0.4 is 0 Å². The normalized spacial score (nSPS) is 31.4. The Morgan fingerprint density at radius 1 is 1.38 bits per heavy atom. The zero-order valence-electron chi connectivity index (χ0n) is 8.95. The Labute approximate surface area is 96.9 Å². The van der Waals surface area contributed by atoms with Gasteiger partial charge in [-0.2, -0.15) is 5.10 Å². The van der Waals surface area contributed by atoms with E-state index in [0.717, 1.165) is 0 Å². The lowest BCUT2D eigenvalue weighted by molar-refractivity contribution is -0.155. The summed E-state index contributed by atoms with van der Waals surface area (Å²) < 4.78 is 9.41. The van der Waals surface area contributed by atoms with E-state index in [1.165, 1.54) is 26.0 Å². The zero-order valence-corrected chi connectivity index (χ0v) is 9.77. The molecule has 2 aliphatic heterocycles. The Bertz CT molecular complexity index is 346. The summed E-state index contributed by atoms with van der Waals surface area (Å²) in [5.41, 5.74) is 1.67. The average Bonchev–Trinajstić information content (AvgIpc) is 2.86. The predicted molar refractivity (Wildman–Crippen MR) is 57.6 cm³/mol. The van der Waals surface area contributed by atoms with Crippen LogP contribution in [-0.4, -0.2) is 48.6 Å². The highest BCUT2D eigenvalue weighted by Crippen LogP contribution is 2.40. The molecule has 1 fully saturated rings. The second-order valence-corrected chi connectivity index (χ2v) is 4.51. The molecular weight excluding hydrogens is 232 g/mol. The number of ether oxygens (including phenoxy) is 2. The summed E-state index contributed by atoms with van der Waals surface area (Å²) in [6.07, 6.45) is 0. The van der Waals surface area contributed by atoms with Gasteiger partial charge in [0.2, 0.25) is 0 Å². The minimum Gasteiger partial charge on any atom is -0.469 e. The van der Waals surface area contributed by atoms with E-state index in [-0.39, 0.29) is 17.3 Å². The summed E-state index contributed by atoms with van der Waals surface area (Å²) in [6, 6.07) is 0. The van der Waals surface area contributed by atoms with Crippen molar-refractivity contribution < 1.29 is 19.1 Å². The fraction of sp³-hybridized carbons (Fsp3) is 0.667. The van der Waals surface area contributed by atoms with Gasteiger partial charge in [0.15, 0.2) is 0 Å². The molecule has 0 aromatic rings. The summed E-state index contributed by atoms with van der Waals surface area (Å²) in [7, 11) is 2.64. The highest BCUT2D eigenvalue weighted by molar-refractivity contribution is 8.12. The van der Waals surface area contributed by atoms with Gasteiger partial charge in [-0.3, -0.25) is 14.6 Å². The number of rotatable bonds is 2. The number of hydrogen-bond acceptors (Lipinski definition) is 7. The second kappa shape index (κ2) is 4.32. The van der Waals surface area contributed by atoms with Gasteiger partial charge in [-0.25, -0.2) is 0 Å². The molecule has 2 rings (SSSR count). The standard InChI is InChI=1S/C9H12N2O4S/c1-14-8(12)5-3-11-7(16-4-10-11)6(5)9(13)15-2/h4-7H,3H2,1-2H3/t5-,6-,7-/m0/s1. The van der Waals surface area contributed by atoms with Crippen molar-refractivity contribution in [2.24, 2.45) is 16.9 Å². The zero-order chi connectivity index (χ0) is 11.7. The molecule has 0 aromatic heterocycles. The molecular formula is C9H12N2O4S. The highest BCUT2D eigenvalue weighted by atomic mass is 32.2. The number of thioether (sulfide) groups is 1. The summed E-state index contributed by atoms with van der Waals surface area (Å²) >= 11 is 1.42. The molecule has 16 heavy (non-hydrogen) atoms. The van der Waals surface area contributed by atoms with E-state index in [0.29, 0.717) is 6.54 Å². The maximum absolute atomic E-state index is 11.7. The largest absolute Gasteiger partial charge is 0.469 e. The van der Waals surface area contributed by atoms with Crippen LogP contribution in [0.15, 0.2) is 5.10 Å². The topological polar surface area (TPSA) is 68.2 Å². The van der Waals surface area contributed by atoms with E-state index < -0.39 is 11.8 Å². The van der Waals surface area contributed by atoms with Gasteiger partial charge in [-0.05, 0) is 0 Å². The van der Waals surface area contributed by atoms with Crippen LogP contribution >= 0.6 is 11.8 Å². The van der Waals surface area contributed by atoms with Gasteiger partial charge in [0.05, 0.1) is 32.2 Å². The third-order valence-electron chi connectivity index (χ3n) is 2.79. The van der Waals surface area contributed by atoms with Crippen molar-refractivity contribution in [2.45, 2.75) is 5.37 Å². The predicted octanol–water partition coefficient (Wildman–Crippen LogP) is -0.103. The van der Waals surface area contributed by atoms with E-state index in [1.54, 1.807) is 10.6 Å². The molecule has 0 aromatic carbocycles. The van der Waals surface area contributed by atoms with Gasteiger partial charge in [0.25, 0.3) is 0 Å². The molecule has 1 saturated heterocycles. The first-order valence-electron chi connectivity index (χ1n) is 4.79. The van der Waals surface area contributed by atoms with Gasteiger partial charge in [0, 0.05) is 0 Å². The minimum atomic E-state index is -0.509. The monoisotopic (exact) mass is 244 g/mol. The van der Waals surface area contributed by atoms with Crippen molar-refractivity contribution in [2.75, 3.05) is 20.8 Å². The van der Waals surface area contributed by atoms with Crippen LogP contribution in [0.2, 0.25) is 0 Å². The van der Waals surface area contributed by atoms with E-state index in [9.17, 15) is 9.59 Å². The van der Waals surface area contributed by atoms with Crippen LogP contribution in [-0.2, 0) is 19.1 Å². The molecule has 2 heterocycles. The molecule has 2 aliphatic rings. The molecule has 0 radical (unpaired) electrons. The molecule has 0 unspecified atom stereocenters. The number of esters is 2. The lowest BCUT2D eigenvalue weighted by Gasteiger charge is -2.17. The van der Waals surface area contributed by atoms with Crippen LogP contribution in [0.4, 0.5) is 0 Å². The molecule has 3 atom stereocenters. The number of fused-ring (bicyclic) bond motifs is 1. The molecule has 0 aliphatic carbocycles. The van der Waals surface area contributed by atoms with Crippen molar-refractivity contribution in [3.63, 3.8) is 0 Å². The van der Waals surface area contributed by atoms with Crippen molar-refractivity contribution in [3.05, 3.63) is 0 Å². The summed E-state index contributed by atoms with van der Waals surface area (Å²) in [4.78, 5) is 23.2. The third kappa shape index (κ3) is 1.64. The summed E-state index contributed by atoms with van der Waals surface area (Å²) in [6.45, 7) is 0.403. The van der Waals surface area contributed by atoms with Gasteiger partial charge in [-0.1, -0.05) is 11.8 Å². The average molecular weight is 244 g/mol. The number of carbonyl (C=O) groups is 2. The lowest BCUT2D eigenvalue weighted by atomic mass is 9.96. The first-order chi connectivity index (χ1) is 7.69. The minimum absolute atomic E-state index is 0.142. The SMILES string of the molecule is COC(=O)[C@H]1[C@@H](C(=O)OC)CN2N=CS[C@@H]12. The maximum Gasteiger partial charge on any atom is 0.312 e. The quantitative estimate of drug-likeness (QED) is 0.632. The van der Waals surface area contributed by atoms with Crippen molar-refractivity contribution >= 4 is 29.2 Å². The Morgan fingerprint density at radius 2 is 2.06 bits per heavy atom. The Balaban J connectivity index is 2.21. The van der Waals surface area contributed by atoms with Crippen molar-refractivity contribution in [1.82, 2.24) is 5.01 Å². The summed E-state index contributed by atoms with van der Waals surface area (Å²) in [5.74, 6) is -1.78. The van der Waals surface area contributed by atoms with E-state index in [1.807, 2.05) is 0 Å². The molecule has 88 valence electrons. The lowest BCUT2D eigenvalue weighted by Crippen LogP contribution is -2.33. The fourth-order valence-corrected chi connectivity index (χ4v) is 3.06. The molecule has 0 spiro atoms. The molecule has 0 amide bonds. The highest BCUT2D eigenvalue weighted by Gasteiger charge is 2.52. The molecule has 0 N–H and O–H groups in total. The Kier molecular flexibility index (Phi) is 3.04. The number of hydrogen-bond donors (Lipinski definition) is 0. The molecule has 7 heteroatoms. The van der Waals surface area contributed by atoms with Gasteiger partial charge in [0.1, 0.15) is 11.3 Å². The van der Waals surface area contributed by atoms with Crippen LogP contribution in [0.3, 0.4) is 0 Å². The first-order valence-corrected chi connectivity index (χ1v) is 5.73. The molecule has 0 bridgehead atoms. The van der Waals surface area contributed by atoms with Crippen LogP contribution in [0.1, 0.15) is 0 Å². The molecule has 0 saturated carbocycles. The van der Waals surface area contributed by atoms with E-state index >= 15 is 0 Å². The van der Waals surface area contributed by atoms with Crippen molar-refractivity contribution in [1.29, 1.82) is 0 Å². The van der Waals surface area contributed by atoms with Gasteiger partial charge in [-0.15, -0.1) is 0 Å². The Hall–Kier alpha value is -1.24. The number of carbonyl (C=O) groups excluding carboxylic acids is 2. The molecule has 6 nitrogen and oxygen atoms in total. The van der Waals surface area contributed by atoms with Crippen LogP contribution in [0, 0.1) is 11.8 Å². The number of methoxy groups -OCH3 is 2. The Morgan fingerprint density at radius 3 is 2.69 bits per heavy atom. The van der Waals surface area contributed by atoms with Gasteiger partial charge >= 0.3 is 11.9 Å². The van der Waals surface area contributed by atoms with Crippen molar-refractivity contribution in [3.8, 4) is 0 Å². The van der Waals surface area contributed by atoms with Gasteiger partial charge < -0.3 is 9.47 Å². The third-order valence-corrected chi connectivity index (χ3v) is 3.82. The first kappa shape index (κ1) is 11.3. The smallest absolute Gasteiger partial charge is 0.312 e. The van der Waals surface area contributed by atoms with Crippen LogP contribution in [0.25, 0.3) is 0 Å². The number of nitrogens with zero attached hydrogens (tertiary/aromatic N) is 2. The van der Waals surface area contributed by atoms with E-state index in [4.69, 9.17) is 4.74 Å².